The number of carboxylic acid groups (broad SMARTS) is 1. The van der Waals surface area contributed by atoms with Crippen molar-refractivity contribution in [1.82, 2.24) is 0 Å². The Balaban J connectivity index is 2.04. The minimum atomic E-state index is -2.32. The number of benzene rings is 2. The van der Waals surface area contributed by atoms with Gasteiger partial charge >= 0.3 is 11.9 Å². The lowest BCUT2D eigenvalue weighted by Crippen LogP contribution is -2.39. The molecule has 3 rings (SSSR count). The number of hydrogen-bond acceptors (Lipinski definition) is 6. The third-order valence-corrected chi connectivity index (χ3v) is 6.70. The topological polar surface area (TPSA) is 96.3 Å². The van der Waals surface area contributed by atoms with E-state index in [9.17, 15) is 19.8 Å². The fourth-order valence-corrected chi connectivity index (χ4v) is 4.70. The van der Waals surface area contributed by atoms with Crippen LogP contribution in [-0.2, 0) is 33.0 Å². The van der Waals surface area contributed by atoms with Crippen molar-refractivity contribution in [2.24, 2.45) is 0 Å². The molecule has 0 spiro atoms. The number of methoxy groups -OCH3 is 1. The Bertz CT molecular complexity index is 1090. The van der Waals surface area contributed by atoms with Crippen molar-refractivity contribution in [3.05, 3.63) is 70.8 Å². The molecule has 0 aromatic heterocycles. The predicted octanol–water partition coefficient (Wildman–Crippen LogP) is 5.25. The van der Waals surface area contributed by atoms with Gasteiger partial charge in [0.1, 0.15) is 12.4 Å². The third kappa shape index (κ3) is 6.80. The number of aliphatic carboxylic acids is 1. The number of carboxylic acids is 1. The molecule has 1 unspecified atom stereocenters. The second-order valence-electron chi connectivity index (χ2n) is 9.04. The lowest BCUT2D eigenvalue weighted by atomic mass is 9.89. The highest BCUT2D eigenvalue weighted by molar-refractivity contribution is 6.30. The SMILES string of the molecule is C=CCCCCN1CCCCc2cc(Cl)ccc2COc2ccc(C(O)(CC(=O)O)C(=O)OC)cc21. The zero-order valence-electron chi connectivity index (χ0n) is 20.7. The first-order valence-corrected chi connectivity index (χ1v) is 12.6. The number of fused-ring (bicyclic) bond motifs is 2. The highest BCUT2D eigenvalue weighted by Gasteiger charge is 2.42. The van der Waals surface area contributed by atoms with Crippen molar-refractivity contribution in [3.8, 4) is 5.75 Å². The van der Waals surface area contributed by atoms with E-state index in [-0.39, 0.29) is 5.56 Å². The summed E-state index contributed by atoms with van der Waals surface area (Å²) in [6.07, 6.45) is 6.64. The minimum absolute atomic E-state index is 0.150. The molecule has 36 heavy (non-hydrogen) atoms. The smallest absolute Gasteiger partial charge is 0.343 e. The molecule has 0 saturated heterocycles. The molecule has 0 saturated carbocycles. The van der Waals surface area contributed by atoms with Crippen LogP contribution in [0.1, 0.15) is 55.2 Å². The molecular weight excluding hydrogens is 482 g/mol. The normalized spacial score (nSPS) is 15.4. The molecule has 0 aliphatic carbocycles. The average Bonchev–Trinajstić information content (AvgIpc) is 2.88. The number of anilines is 1. The van der Waals surface area contributed by atoms with Gasteiger partial charge in [-0.2, -0.15) is 0 Å². The monoisotopic (exact) mass is 515 g/mol. The van der Waals surface area contributed by atoms with Gasteiger partial charge in [0.05, 0.1) is 19.2 Å². The zero-order valence-corrected chi connectivity index (χ0v) is 21.4. The van der Waals surface area contributed by atoms with Gasteiger partial charge in [-0.3, -0.25) is 4.79 Å². The zero-order chi connectivity index (χ0) is 26.1. The number of ether oxygens (including phenoxy) is 2. The Labute approximate surface area is 217 Å². The van der Waals surface area contributed by atoms with Crippen molar-refractivity contribution in [2.45, 2.75) is 57.2 Å². The maximum absolute atomic E-state index is 12.5. The summed E-state index contributed by atoms with van der Waals surface area (Å²) in [6.45, 7) is 5.60. The largest absolute Gasteiger partial charge is 0.487 e. The summed E-state index contributed by atoms with van der Waals surface area (Å²) in [5.74, 6) is -1.74. The van der Waals surface area contributed by atoms with Gasteiger partial charge in [0, 0.05) is 18.1 Å². The Morgan fingerprint density at radius 3 is 2.72 bits per heavy atom. The first-order chi connectivity index (χ1) is 17.3. The summed E-state index contributed by atoms with van der Waals surface area (Å²) < 4.78 is 11.0. The second kappa shape index (κ2) is 12.8. The molecule has 194 valence electrons. The van der Waals surface area contributed by atoms with Gasteiger partial charge in [-0.15, -0.1) is 6.58 Å². The summed E-state index contributed by atoms with van der Waals surface area (Å²) in [5.41, 5.74) is 0.737. The number of aliphatic hydroxyl groups is 1. The number of carbonyl (C=O) groups is 2. The van der Waals surface area contributed by atoms with Gasteiger partial charge in [-0.25, -0.2) is 4.79 Å². The van der Waals surface area contributed by atoms with E-state index in [2.05, 4.69) is 11.5 Å². The van der Waals surface area contributed by atoms with Crippen LogP contribution in [0.3, 0.4) is 0 Å². The van der Waals surface area contributed by atoms with Crippen molar-refractivity contribution in [1.29, 1.82) is 0 Å². The predicted molar refractivity (Wildman–Crippen MR) is 140 cm³/mol. The van der Waals surface area contributed by atoms with Crippen molar-refractivity contribution < 1.29 is 29.3 Å². The molecule has 1 aliphatic rings. The van der Waals surface area contributed by atoms with E-state index >= 15 is 0 Å². The van der Waals surface area contributed by atoms with E-state index in [0.29, 0.717) is 23.1 Å². The first kappa shape index (κ1) is 27.6. The number of nitrogens with zero attached hydrogens (tertiary/aromatic N) is 1. The fraction of sp³-hybridized carbons (Fsp3) is 0.429. The molecular formula is C28H34ClNO6. The highest BCUT2D eigenvalue weighted by atomic mass is 35.5. The van der Waals surface area contributed by atoms with Crippen LogP contribution in [0.25, 0.3) is 0 Å². The molecule has 2 aromatic rings. The Morgan fingerprint density at radius 1 is 1.19 bits per heavy atom. The highest BCUT2D eigenvalue weighted by Crippen LogP contribution is 2.37. The van der Waals surface area contributed by atoms with Gasteiger partial charge in [0.2, 0.25) is 0 Å². The van der Waals surface area contributed by atoms with Crippen molar-refractivity contribution >= 4 is 29.2 Å². The maximum atomic E-state index is 12.5. The fourth-order valence-electron chi connectivity index (χ4n) is 4.51. The van der Waals surface area contributed by atoms with E-state index in [1.807, 2.05) is 24.3 Å². The minimum Gasteiger partial charge on any atom is -0.487 e. The van der Waals surface area contributed by atoms with Gasteiger partial charge in [0.25, 0.3) is 0 Å². The van der Waals surface area contributed by atoms with E-state index < -0.39 is 24.0 Å². The van der Waals surface area contributed by atoms with E-state index in [4.69, 9.17) is 21.1 Å². The lowest BCUT2D eigenvalue weighted by Gasteiger charge is -2.30. The number of esters is 1. The van der Waals surface area contributed by atoms with Crippen LogP contribution >= 0.6 is 11.6 Å². The van der Waals surface area contributed by atoms with Crippen molar-refractivity contribution in [3.63, 3.8) is 0 Å². The summed E-state index contributed by atoms with van der Waals surface area (Å²) in [4.78, 5) is 26.2. The molecule has 2 aromatic carbocycles. The van der Waals surface area contributed by atoms with Gasteiger partial charge in [0.15, 0.2) is 5.60 Å². The summed E-state index contributed by atoms with van der Waals surface area (Å²) in [5, 5.41) is 21.2. The Hall–Kier alpha value is -3.03. The molecule has 1 aliphatic heterocycles. The summed E-state index contributed by atoms with van der Waals surface area (Å²) >= 11 is 6.24. The van der Waals surface area contributed by atoms with Gasteiger partial charge in [-0.1, -0.05) is 29.8 Å². The third-order valence-electron chi connectivity index (χ3n) is 6.47. The van der Waals surface area contributed by atoms with Crippen LogP contribution in [0, 0.1) is 0 Å². The van der Waals surface area contributed by atoms with Gasteiger partial charge in [-0.05, 0) is 79.5 Å². The molecule has 0 radical (unpaired) electrons. The summed E-state index contributed by atoms with van der Waals surface area (Å²) in [6, 6.07) is 10.7. The Morgan fingerprint density at radius 2 is 2.00 bits per heavy atom. The standard InChI is InChI=1S/C28H34ClNO6/c1-3-4-5-7-14-30-15-8-6-9-20-16-23(29)12-10-21(20)19-36-25-13-11-22(17-24(25)30)28(34,18-26(31)32)27(33)35-2/h3,10-13,16-17,34H,1,4-9,14-15,18-19H2,2H3,(H,31,32). The number of unbranched alkanes of at least 4 members (excludes halogenated alkanes) is 2. The average molecular weight is 516 g/mol. The first-order valence-electron chi connectivity index (χ1n) is 12.2. The van der Waals surface area contributed by atoms with Crippen LogP contribution in [0.2, 0.25) is 5.02 Å². The number of aryl methyl sites for hydroxylation is 1. The van der Waals surface area contributed by atoms with E-state index in [0.717, 1.165) is 69.9 Å². The lowest BCUT2D eigenvalue weighted by molar-refractivity contribution is -0.169. The summed E-state index contributed by atoms with van der Waals surface area (Å²) in [7, 11) is 1.12. The number of halogens is 1. The van der Waals surface area contributed by atoms with Crippen LogP contribution in [-0.4, -0.2) is 42.4 Å². The van der Waals surface area contributed by atoms with E-state index in [1.165, 1.54) is 6.07 Å². The number of hydrogen-bond donors (Lipinski definition) is 2. The Kier molecular flexibility index (Phi) is 9.79. The molecule has 7 nitrogen and oxygen atoms in total. The molecule has 0 bridgehead atoms. The number of rotatable bonds is 9. The molecule has 8 heteroatoms. The van der Waals surface area contributed by atoms with Crippen LogP contribution in [0.4, 0.5) is 5.69 Å². The molecule has 0 amide bonds. The van der Waals surface area contributed by atoms with Crippen LogP contribution < -0.4 is 9.64 Å². The van der Waals surface area contributed by atoms with Crippen LogP contribution in [0.5, 0.6) is 5.75 Å². The quantitative estimate of drug-likeness (QED) is 0.267. The second-order valence-corrected chi connectivity index (χ2v) is 9.47. The molecule has 1 atom stereocenters. The molecule has 1 heterocycles. The number of allylic oxidation sites excluding steroid dienone is 1. The molecule has 2 N–H and O–H groups in total. The maximum Gasteiger partial charge on any atom is 0.343 e. The van der Waals surface area contributed by atoms with Gasteiger partial charge < -0.3 is 24.6 Å². The van der Waals surface area contributed by atoms with Crippen molar-refractivity contribution in [2.75, 3.05) is 25.1 Å². The number of carbonyl (C=O) groups excluding carboxylic acids is 1. The van der Waals surface area contributed by atoms with Crippen LogP contribution in [0.15, 0.2) is 49.1 Å². The molecule has 0 fully saturated rings. The van der Waals surface area contributed by atoms with E-state index in [1.54, 1.807) is 12.1 Å².